The summed E-state index contributed by atoms with van der Waals surface area (Å²) in [7, 11) is 0. The lowest BCUT2D eigenvalue weighted by Crippen LogP contribution is -2.51. The molecule has 0 fully saturated rings. The molecule has 100 valence electrons. The van der Waals surface area contributed by atoms with Gasteiger partial charge in [-0.3, -0.25) is 4.79 Å². The van der Waals surface area contributed by atoms with Gasteiger partial charge in [0.15, 0.2) is 0 Å². The molecule has 0 spiro atoms. The third kappa shape index (κ3) is 2.92. The fourth-order valence-corrected chi connectivity index (χ4v) is 1.37. The maximum Gasteiger partial charge on any atom is 0.250 e. The molecule has 1 rings (SSSR count). The number of nitrogens with two attached hydrogens (primary N) is 2. The quantitative estimate of drug-likeness (QED) is 0.606. The van der Waals surface area contributed by atoms with Crippen molar-refractivity contribution in [2.45, 2.75) is 38.8 Å². The zero-order chi connectivity index (χ0) is 14.1. The minimum absolute atomic E-state index is 0.349. The number of carbonyl (C=O) groups is 1. The molecule has 0 bridgehead atoms. The number of nitrogens with one attached hydrogen (secondary N) is 1. The van der Waals surface area contributed by atoms with Gasteiger partial charge in [-0.25, -0.2) is 0 Å². The summed E-state index contributed by atoms with van der Waals surface area (Å²) in [4.78, 5) is 11.3. The van der Waals surface area contributed by atoms with Gasteiger partial charge in [0, 0.05) is 11.4 Å². The number of carbonyl (C=O) groups excluding carboxylic acids is 1. The first kappa shape index (κ1) is 14.3. The molecule has 1 aromatic rings. The largest absolute Gasteiger partial charge is 0.399 e. The maximum absolute atomic E-state index is 11.3. The van der Waals surface area contributed by atoms with Crippen LogP contribution in [-0.2, 0) is 0 Å². The Morgan fingerprint density at radius 2 is 1.83 bits per heavy atom. The summed E-state index contributed by atoms with van der Waals surface area (Å²) in [6.45, 7) is 7.05. The summed E-state index contributed by atoms with van der Waals surface area (Å²) in [5.74, 6) is -0.538. The Kier molecular flexibility index (Phi) is 3.57. The number of hydrogen-bond acceptors (Lipinski definition) is 4. The van der Waals surface area contributed by atoms with Crippen molar-refractivity contribution in [1.82, 2.24) is 0 Å². The highest BCUT2D eigenvalue weighted by Gasteiger charge is 2.35. The standard InChI is InChI=1S/C13H21N3O2/c1-12(2,13(3,4)18)16-10-7-8(14)5-6-9(10)11(15)17/h5-7,16,18H,14H2,1-4H3,(H2,15,17). The number of aliphatic hydroxyl groups is 1. The number of benzene rings is 1. The van der Waals surface area contributed by atoms with Gasteiger partial charge in [-0.1, -0.05) is 0 Å². The van der Waals surface area contributed by atoms with Gasteiger partial charge in [-0.2, -0.15) is 0 Å². The normalized spacial score (nSPS) is 12.3. The first-order valence-corrected chi connectivity index (χ1v) is 5.74. The van der Waals surface area contributed by atoms with Gasteiger partial charge in [-0.15, -0.1) is 0 Å². The summed E-state index contributed by atoms with van der Waals surface area (Å²) < 4.78 is 0. The average molecular weight is 251 g/mol. The van der Waals surface area contributed by atoms with Crippen LogP contribution in [0.15, 0.2) is 18.2 Å². The fourth-order valence-electron chi connectivity index (χ4n) is 1.37. The Hall–Kier alpha value is -1.75. The minimum atomic E-state index is -0.980. The van der Waals surface area contributed by atoms with Crippen LogP contribution < -0.4 is 16.8 Å². The summed E-state index contributed by atoms with van der Waals surface area (Å²) in [5.41, 5.74) is 10.8. The van der Waals surface area contributed by atoms with Gasteiger partial charge in [0.1, 0.15) is 0 Å². The number of anilines is 2. The van der Waals surface area contributed by atoms with Crippen LogP contribution in [0.4, 0.5) is 11.4 Å². The number of amides is 1. The van der Waals surface area contributed by atoms with Gasteiger partial charge < -0.3 is 21.9 Å². The summed E-state index contributed by atoms with van der Waals surface area (Å²) in [6, 6.07) is 4.82. The molecule has 0 aliphatic carbocycles. The van der Waals surface area contributed by atoms with Crippen molar-refractivity contribution in [3.05, 3.63) is 23.8 Å². The number of nitrogen functional groups attached to an aromatic ring is 1. The van der Waals surface area contributed by atoms with E-state index in [-0.39, 0.29) is 0 Å². The number of primary amides is 1. The van der Waals surface area contributed by atoms with Crippen LogP contribution in [0.5, 0.6) is 0 Å². The first-order chi connectivity index (χ1) is 8.04. The molecule has 0 unspecified atom stereocenters. The van der Waals surface area contributed by atoms with Crippen LogP contribution in [0.1, 0.15) is 38.1 Å². The van der Waals surface area contributed by atoms with Gasteiger partial charge in [0.25, 0.3) is 5.91 Å². The van der Waals surface area contributed by atoms with Crippen molar-refractivity contribution in [2.75, 3.05) is 11.1 Å². The van der Waals surface area contributed by atoms with Crippen LogP contribution in [0.2, 0.25) is 0 Å². The molecule has 0 atom stereocenters. The SMILES string of the molecule is CC(C)(O)C(C)(C)Nc1cc(N)ccc1C(N)=O. The Morgan fingerprint density at radius 3 is 2.28 bits per heavy atom. The van der Waals surface area contributed by atoms with Crippen LogP contribution in [-0.4, -0.2) is 22.2 Å². The third-order valence-electron chi connectivity index (χ3n) is 3.29. The highest BCUT2D eigenvalue weighted by Crippen LogP contribution is 2.28. The van der Waals surface area contributed by atoms with Crippen molar-refractivity contribution < 1.29 is 9.90 Å². The summed E-state index contributed by atoms with van der Waals surface area (Å²) in [5, 5.41) is 13.2. The lowest BCUT2D eigenvalue weighted by atomic mass is 9.85. The van der Waals surface area contributed by atoms with E-state index in [2.05, 4.69) is 5.32 Å². The highest BCUT2D eigenvalue weighted by molar-refractivity contribution is 5.99. The van der Waals surface area contributed by atoms with Crippen molar-refractivity contribution in [3.8, 4) is 0 Å². The first-order valence-electron chi connectivity index (χ1n) is 5.74. The Balaban J connectivity index is 3.18. The molecule has 0 saturated heterocycles. The Morgan fingerprint density at radius 1 is 1.28 bits per heavy atom. The van der Waals surface area contributed by atoms with Crippen LogP contribution in [0.3, 0.4) is 0 Å². The smallest absolute Gasteiger partial charge is 0.250 e. The van der Waals surface area contributed by atoms with E-state index in [1.54, 1.807) is 32.0 Å². The predicted molar refractivity (Wildman–Crippen MR) is 73.4 cm³/mol. The summed E-state index contributed by atoms with van der Waals surface area (Å²) in [6.07, 6.45) is 0. The van der Waals surface area contributed by atoms with E-state index in [4.69, 9.17) is 11.5 Å². The van der Waals surface area contributed by atoms with Crippen molar-refractivity contribution in [3.63, 3.8) is 0 Å². The monoisotopic (exact) mass is 251 g/mol. The molecule has 1 amide bonds. The lowest BCUT2D eigenvalue weighted by Gasteiger charge is -2.39. The maximum atomic E-state index is 11.3. The summed E-state index contributed by atoms with van der Waals surface area (Å²) >= 11 is 0. The van der Waals surface area contributed by atoms with Crippen LogP contribution in [0.25, 0.3) is 0 Å². The Bertz CT molecular complexity index is 462. The van der Waals surface area contributed by atoms with E-state index in [0.717, 1.165) is 0 Å². The second-order valence-corrected chi connectivity index (χ2v) is 5.48. The zero-order valence-corrected chi connectivity index (χ0v) is 11.2. The molecule has 5 nitrogen and oxygen atoms in total. The van der Waals surface area contributed by atoms with Gasteiger partial charge >= 0.3 is 0 Å². The molecule has 0 radical (unpaired) electrons. The zero-order valence-electron chi connectivity index (χ0n) is 11.2. The molecular weight excluding hydrogens is 230 g/mol. The Labute approximate surface area is 107 Å². The van der Waals surface area contributed by atoms with E-state index >= 15 is 0 Å². The average Bonchev–Trinajstić information content (AvgIpc) is 2.14. The van der Waals surface area contributed by atoms with E-state index in [0.29, 0.717) is 16.9 Å². The highest BCUT2D eigenvalue weighted by atomic mass is 16.3. The molecule has 18 heavy (non-hydrogen) atoms. The minimum Gasteiger partial charge on any atom is -0.399 e. The molecular formula is C13H21N3O2. The van der Waals surface area contributed by atoms with Crippen LogP contribution in [0, 0.1) is 0 Å². The molecule has 1 aromatic carbocycles. The fraction of sp³-hybridized carbons (Fsp3) is 0.462. The molecule has 5 heteroatoms. The van der Waals surface area contributed by atoms with Crippen LogP contribution >= 0.6 is 0 Å². The van der Waals surface area contributed by atoms with Crippen molar-refractivity contribution >= 4 is 17.3 Å². The second kappa shape index (κ2) is 4.49. The molecule has 0 aliphatic heterocycles. The van der Waals surface area contributed by atoms with E-state index in [1.165, 1.54) is 0 Å². The molecule has 0 aliphatic rings. The second-order valence-electron chi connectivity index (χ2n) is 5.48. The van der Waals surface area contributed by atoms with Crippen molar-refractivity contribution in [2.24, 2.45) is 5.73 Å². The lowest BCUT2D eigenvalue weighted by molar-refractivity contribution is 0.0240. The van der Waals surface area contributed by atoms with Gasteiger partial charge in [0.2, 0.25) is 0 Å². The molecule has 0 saturated carbocycles. The molecule has 0 aromatic heterocycles. The topological polar surface area (TPSA) is 101 Å². The molecule has 0 heterocycles. The molecule has 6 N–H and O–H groups in total. The van der Waals surface area contributed by atoms with Gasteiger partial charge in [-0.05, 0) is 45.9 Å². The third-order valence-corrected chi connectivity index (χ3v) is 3.29. The number of rotatable bonds is 4. The van der Waals surface area contributed by atoms with E-state index < -0.39 is 17.0 Å². The van der Waals surface area contributed by atoms with Crippen molar-refractivity contribution in [1.29, 1.82) is 0 Å². The number of hydrogen-bond donors (Lipinski definition) is 4. The van der Waals surface area contributed by atoms with Gasteiger partial charge in [0.05, 0.1) is 16.7 Å². The van der Waals surface area contributed by atoms with E-state index in [9.17, 15) is 9.90 Å². The predicted octanol–water partition coefficient (Wildman–Crippen LogP) is 1.33. The van der Waals surface area contributed by atoms with E-state index in [1.807, 2.05) is 13.8 Å².